The lowest BCUT2D eigenvalue weighted by Gasteiger charge is -2.14. The predicted octanol–water partition coefficient (Wildman–Crippen LogP) is 2.47. The molecule has 1 unspecified atom stereocenters. The minimum atomic E-state index is 0. The van der Waals surface area contributed by atoms with Gasteiger partial charge in [-0.25, -0.2) is 4.98 Å². The van der Waals surface area contributed by atoms with Gasteiger partial charge in [-0.1, -0.05) is 6.07 Å². The second-order valence-electron chi connectivity index (χ2n) is 5.14. The molecule has 0 aliphatic heterocycles. The fourth-order valence-electron chi connectivity index (χ4n) is 2.35. The Labute approximate surface area is 119 Å². The molecule has 1 aliphatic rings. The highest BCUT2D eigenvalue weighted by molar-refractivity contribution is 5.85. The van der Waals surface area contributed by atoms with Gasteiger partial charge >= 0.3 is 0 Å². The van der Waals surface area contributed by atoms with Crippen LogP contribution in [0.25, 0.3) is 0 Å². The number of nitrogens with two attached hydrogens (primary N) is 1. The summed E-state index contributed by atoms with van der Waals surface area (Å²) in [5, 5.41) is 0. The Hall–Kier alpha value is -1.39. The Balaban J connectivity index is 0.00000133. The number of nitrogens with zero attached hydrogens (tertiary/aromatic N) is 3. The van der Waals surface area contributed by atoms with Crippen LogP contribution in [0.3, 0.4) is 0 Å². The Morgan fingerprint density at radius 3 is 2.84 bits per heavy atom. The van der Waals surface area contributed by atoms with E-state index in [1.165, 1.54) is 24.0 Å². The number of halogens is 1. The molecule has 0 spiro atoms. The molecule has 2 aromatic heterocycles. The number of rotatable bonds is 4. The van der Waals surface area contributed by atoms with Gasteiger partial charge in [0.05, 0.1) is 24.6 Å². The number of pyridine rings is 1. The molecule has 0 aromatic carbocycles. The molecule has 0 radical (unpaired) electrons. The fourth-order valence-corrected chi connectivity index (χ4v) is 2.35. The second-order valence-corrected chi connectivity index (χ2v) is 5.14. The Morgan fingerprint density at radius 2 is 2.26 bits per heavy atom. The van der Waals surface area contributed by atoms with Gasteiger partial charge in [-0.3, -0.25) is 4.98 Å². The van der Waals surface area contributed by atoms with Gasteiger partial charge in [-0.05, 0) is 36.8 Å². The molecule has 1 aliphatic carbocycles. The number of hydrogen-bond acceptors (Lipinski definition) is 3. The molecule has 2 aromatic rings. The molecule has 1 saturated carbocycles. The lowest BCUT2D eigenvalue weighted by atomic mass is 10.0. The number of hydrogen-bond donors (Lipinski definition) is 1. The molecule has 1 atom stereocenters. The van der Waals surface area contributed by atoms with Crippen molar-refractivity contribution >= 4 is 12.4 Å². The van der Waals surface area contributed by atoms with E-state index in [0.717, 1.165) is 12.2 Å². The van der Waals surface area contributed by atoms with E-state index in [2.05, 4.69) is 23.0 Å². The summed E-state index contributed by atoms with van der Waals surface area (Å²) >= 11 is 0. The largest absolute Gasteiger partial charge is 0.333 e. The zero-order chi connectivity index (χ0) is 12.5. The average Bonchev–Trinajstić information content (AvgIpc) is 3.08. The van der Waals surface area contributed by atoms with E-state index in [1.807, 2.05) is 23.3 Å². The molecular weight excluding hydrogens is 260 g/mol. The highest BCUT2D eigenvalue weighted by Crippen LogP contribution is 2.39. The van der Waals surface area contributed by atoms with Crippen molar-refractivity contribution in [2.75, 3.05) is 0 Å². The minimum Gasteiger partial charge on any atom is -0.333 e. The lowest BCUT2D eigenvalue weighted by Crippen LogP contribution is -2.16. The normalized spacial score (nSPS) is 15.9. The van der Waals surface area contributed by atoms with E-state index in [1.54, 1.807) is 6.20 Å². The van der Waals surface area contributed by atoms with Crippen molar-refractivity contribution in [1.82, 2.24) is 14.5 Å². The third-order valence-electron chi connectivity index (χ3n) is 3.55. The van der Waals surface area contributed by atoms with Crippen LogP contribution in [0.5, 0.6) is 0 Å². The van der Waals surface area contributed by atoms with Crippen LogP contribution in [0.2, 0.25) is 0 Å². The molecule has 102 valence electrons. The van der Waals surface area contributed by atoms with Gasteiger partial charge in [0.2, 0.25) is 0 Å². The molecule has 2 heterocycles. The smallest absolute Gasteiger partial charge is 0.0949 e. The van der Waals surface area contributed by atoms with E-state index in [-0.39, 0.29) is 18.4 Å². The summed E-state index contributed by atoms with van der Waals surface area (Å²) in [4.78, 5) is 8.60. The summed E-state index contributed by atoms with van der Waals surface area (Å²) in [6.45, 7) is 2.91. The number of imidazole rings is 1. The van der Waals surface area contributed by atoms with Crippen LogP contribution >= 0.6 is 12.4 Å². The van der Waals surface area contributed by atoms with E-state index < -0.39 is 0 Å². The first-order chi connectivity index (χ1) is 8.74. The summed E-state index contributed by atoms with van der Waals surface area (Å²) < 4.78 is 2.04. The average molecular weight is 279 g/mol. The maximum atomic E-state index is 6.21. The summed E-state index contributed by atoms with van der Waals surface area (Å²) in [7, 11) is 0. The van der Waals surface area contributed by atoms with E-state index in [4.69, 9.17) is 5.73 Å². The zero-order valence-electron chi connectivity index (χ0n) is 11.0. The van der Waals surface area contributed by atoms with Crippen LogP contribution in [-0.4, -0.2) is 14.5 Å². The monoisotopic (exact) mass is 278 g/mol. The van der Waals surface area contributed by atoms with Crippen LogP contribution in [-0.2, 0) is 6.54 Å². The summed E-state index contributed by atoms with van der Waals surface area (Å²) in [5.41, 5.74) is 9.66. The van der Waals surface area contributed by atoms with Crippen LogP contribution < -0.4 is 5.73 Å². The summed E-state index contributed by atoms with van der Waals surface area (Å²) in [6.07, 6.45) is 10.00. The maximum absolute atomic E-state index is 6.21. The third kappa shape index (κ3) is 3.14. The number of aryl methyl sites for hydroxylation is 1. The molecule has 4 nitrogen and oxygen atoms in total. The Kier molecular flexibility index (Phi) is 4.22. The molecule has 19 heavy (non-hydrogen) atoms. The van der Waals surface area contributed by atoms with E-state index in [0.29, 0.717) is 5.92 Å². The van der Waals surface area contributed by atoms with Gasteiger partial charge < -0.3 is 10.3 Å². The van der Waals surface area contributed by atoms with Gasteiger partial charge in [0.1, 0.15) is 0 Å². The Bertz CT molecular complexity index is 534. The molecule has 0 saturated heterocycles. The van der Waals surface area contributed by atoms with Gasteiger partial charge in [-0.2, -0.15) is 0 Å². The second kappa shape index (κ2) is 5.72. The van der Waals surface area contributed by atoms with Crippen molar-refractivity contribution < 1.29 is 0 Å². The number of aromatic nitrogens is 3. The SMILES string of the molecule is Cc1cc(Cn2ccnc2)cnc1C(N)C1CC1.Cl. The highest BCUT2D eigenvalue weighted by atomic mass is 35.5. The molecule has 1 fully saturated rings. The zero-order valence-corrected chi connectivity index (χ0v) is 11.8. The van der Waals surface area contributed by atoms with Crippen LogP contribution in [0, 0.1) is 12.8 Å². The molecular formula is C14H19ClN4. The predicted molar refractivity (Wildman–Crippen MR) is 77.2 cm³/mol. The quantitative estimate of drug-likeness (QED) is 0.935. The molecule has 3 rings (SSSR count). The van der Waals surface area contributed by atoms with Crippen LogP contribution in [0.1, 0.15) is 35.7 Å². The van der Waals surface area contributed by atoms with Gasteiger partial charge in [0.25, 0.3) is 0 Å². The van der Waals surface area contributed by atoms with Gasteiger partial charge in [-0.15, -0.1) is 12.4 Å². The van der Waals surface area contributed by atoms with Crippen LogP contribution in [0.4, 0.5) is 0 Å². The van der Waals surface area contributed by atoms with Gasteiger partial charge in [0, 0.05) is 18.6 Å². The van der Waals surface area contributed by atoms with Gasteiger partial charge in [0.15, 0.2) is 0 Å². The van der Waals surface area contributed by atoms with E-state index in [9.17, 15) is 0 Å². The summed E-state index contributed by atoms with van der Waals surface area (Å²) in [5.74, 6) is 0.649. The standard InChI is InChI=1S/C14H18N4.ClH/c1-10-6-11(8-18-5-4-16-9-18)7-17-14(10)13(15)12-2-3-12;/h4-7,9,12-13H,2-3,8,15H2,1H3;1H. The molecule has 5 heteroatoms. The first-order valence-electron chi connectivity index (χ1n) is 6.41. The first-order valence-corrected chi connectivity index (χ1v) is 6.41. The fraction of sp³-hybridized carbons (Fsp3) is 0.429. The third-order valence-corrected chi connectivity index (χ3v) is 3.55. The Morgan fingerprint density at radius 1 is 1.47 bits per heavy atom. The lowest BCUT2D eigenvalue weighted by molar-refractivity contribution is 0.609. The van der Waals surface area contributed by atoms with E-state index >= 15 is 0 Å². The molecule has 0 amide bonds. The van der Waals surface area contributed by atoms with Crippen LogP contribution in [0.15, 0.2) is 31.0 Å². The van der Waals surface area contributed by atoms with Crippen molar-refractivity contribution in [3.05, 3.63) is 47.8 Å². The molecule has 0 bridgehead atoms. The van der Waals surface area contributed by atoms with Crippen molar-refractivity contribution in [3.63, 3.8) is 0 Å². The highest BCUT2D eigenvalue weighted by Gasteiger charge is 2.31. The topological polar surface area (TPSA) is 56.7 Å². The first kappa shape index (κ1) is 14.0. The molecule has 2 N–H and O–H groups in total. The summed E-state index contributed by atoms with van der Waals surface area (Å²) in [6, 6.07) is 2.30. The van der Waals surface area contributed by atoms with Crippen molar-refractivity contribution in [2.45, 2.75) is 32.4 Å². The minimum absolute atomic E-state index is 0. The van der Waals surface area contributed by atoms with Crippen molar-refractivity contribution in [1.29, 1.82) is 0 Å². The van der Waals surface area contributed by atoms with Crippen molar-refractivity contribution in [3.8, 4) is 0 Å². The van der Waals surface area contributed by atoms with Crippen molar-refractivity contribution in [2.24, 2.45) is 11.7 Å². The maximum Gasteiger partial charge on any atom is 0.0949 e.